The lowest BCUT2D eigenvalue weighted by atomic mass is 9.96. The summed E-state index contributed by atoms with van der Waals surface area (Å²) in [7, 11) is 2.19. The molecule has 2 aliphatic heterocycles. The summed E-state index contributed by atoms with van der Waals surface area (Å²) in [5.41, 5.74) is 0. The maximum Gasteiger partial charge on any atom is 0.0590 e. The fourth-order valence-corrected chi connectivity index (χ4v) is 3.10. The molecule has 2 atom stereocenters. The molecule has 2 rings (SSSR count). The molecule has 0 aromatic rings. The third-order valence-electron chi connectivity index (χ3n) is 4.02. The van der Waals surface area contributed by atoms with Crippen molar-refractivity contribution in [2.75, 3.05) is 39.8 Å². The lowest BCUT2D eigenvalue weighted by molar-refractivity contribution is 0.0675. The number of aliphatic hydroxyl groups excluding tert-OH is 1. The van der Waals surface area contributed by atoms with Crippen LogP contribution in [0.2, 0.25) is 0 Å². The maximum absolute atomic E-state index is 9.56. The van der Waals surface area contributed by atoms with Crippen LogP contribution in [0.4, 0.5) is 0 Å². The van der Waals surface area contributed by atoms with E-state index in [0.717, 1.165) is 0 Å². The van der Waals surface area contributed by atoms with E-state index in [-0.39, 0.29) is 0 Å². The smallest absolute Gasteiger partial charge is 0.0590 e. The van der Waals surface area contributed by atoms with Crippen LogP contribution in [-0.2, 0) is 0 Å². The van der Waals surface area contributed by atoms with Crippen molar-refractivity contribution in [3.63, 3.8) is 0 Å². The first-order valence-corrected chi connectivity index (χ1v) is 6.34. The van der Waals surface area contributed by atoms with E-state index in [2.05, 4.69) is 16.8 Å². The molecule has 0 radical (unpaired) electrons. The summed E-state index contributed by atoms with van der Waals surface area (Å²) in [6.07, 6.45) is 5.27. The second kappa shape index (κ2) is 5.28. The van der Waals surface area contributed by atoms with Gasteiger partial charge in [0.1, 0.15) is 0 Å². The molecule has 2 fully saturated rings. The van der Waals surface area contributed by atoms with E-state index in [9.17, 15) is 5.11 Å². The molecule has 0 amide bonds. The molecule has 0 aromatic heterocycles. The molecule has 2 saturated heterocycles. The van der Waals surface area contributed by atoms with Gasteiger partial charge in [0.2, 0.25) is 0 Å². The first kappa shape index (κ1) is 11.4. The van der Waals surface area contributed by atoms with Crippen LogP contribution < -0.4 is 0 Å². The monoisotopic (exact) mass is 212 g/mol. The highest BCUT2D eigenvalue weighted by molar-refractivity contribution is 4.86. The lowest BCUT2D eigenvalue weighted by Gasteiger charge is -2.36. The van der Waals surface area contributed by atoms with E-state index in [1.807, 2.05) is 0 Å². The number of nitrogens with zero attached hydrogens (tertiary/aromatic N) is 2. The molecule has 0 aliphatic carbocycles. The van der Waals surface area contributed by atoms with E-state index in [0.29, 0.717) is 18.6 Å². The van der Waals surface area contributed by atoms with E-state index >= 15 is 0 Å². The van der Waals surface area contributed by atoms with E-state index in [1.54, 1.807) is 0 Å². The zero-order chi connectivity index (χ0) is 10.7. The fourth-order valence-electron chi connectivity index (χ4n) is 3.10. The van der Waals surface area contributed by atoms with E-state index < -0.39 is 0 Å². The third-order valence-corrected chi connectivity index (χ3v) is 4.02. The second-order valence-corrected chi connectivity index (χ2v) is 5.16. The Morgan fingerprint density at radius 3 is 2.47 bits per heavy atom. The Morgan fingerprint density at radius 1 is 1.20 bits per heavy atom. The van der Waals surface area contributed by atoms with Gasteiger partial charge in [-0.05, 0) is 51.9 Å². The minimum absolute atomic E-state index is 0.346. The topological polar surface area (TPSA) is 26.7 Å². The fraction of sp³-hybridized carbons (Fsp3) is 1.00. The highest BCUT2D eigenvalue weighted by Crippen LogP contribution is 2.24. The molecule has 3 nitrogen and oxygen atoms in total. The Balaban J connectivity index is 1.90. The van der Waals surface area contributed by atoms with Crippen molar-refractivity contribution in [1.29, 1.82) is 0 Å². The molecular weight excluding hydrogens is 188 g/mol. The average molecular weight is 212 g/mol. The molecule has 15 heavy (non-hydrogen) atoms. The normalized spacial score (nSPS) is 32.0. The van der Waals surface area contributed by atoms with Crippen LogP contribution in [-0.4, -0.2) is 60.8 Å². The first-order chi connectivity index (χ1) is 7.31. The van der Waals surface area contributed by atoms with Crippen LogP contribution >= 0.6 is 0 Å². The number of hydrogen-bond donors (Lipinski definition) is 1. The summed E-state index contributed by atoms with van der Waals surface area (Å²) in [6, 6.07) is 0.426. The van der Waals surface area contributed by atoms with Crippen molar-refractivity contribution < 1.29 is 5.11 Å². The predicted molar refractivity (Wildman–Crippen MR) is 61.9 cm³/mol. The number of likely N-dealkylation sites (tertiary alicyclic amines) is 2. The molecule has 88 valence electrons. The molecule has 2 aliphatic rings. The average Bonchev–Trinajstić information content (AvgIpc) is 2.68. The Labute approximate surface area is 93.1 Å². The van der Waals surface area contributed by atoms with Gasteiger partial charge in [-0.15, -0.1) is 0 Å². The van der Waals surface area contributed by atoms with Crippen LogP contribution in [0.5, 0.6) is 0 Å². The molecule has 2 heterocycles. The van der Waals surface area contributed by atoms with E-state index in [4.69, 9.17) is 0 Å². The molecule has 0 bridgehead atoms. The highest BCUT2D eigenvalue weighted by atomic mass is 16.3. The summed E-state index contributed by atoms with van der Waals surface area (Å²) in [5.74, 6) is 0.693. The van der Waals surface area contributed by atoms with Crippen molar-refractivity contribution >= 4 is 0 Å². The SMILES string of the molecule is CN1CCC(C(CO)N2CCCCC2)C1. The van der Waals surface area contributed by atoms with Gasteiger partial charge in [0.05, 0.1) is 6.61 Å². The van der Waals surface area contributed by atoms with Crippen LogP contribution in [0.15, 0.2) is 0 Å². The zero-order valence-electron chi connectivity index (χ0n) is 9.86. The molecule has 2 unspecified atom stereocenters. The van der Waals surface area contributed by atoms with Crippen LogP contribution in [0, 0.1) is 5.92 Å². The summed E-state index contributed by atoms with van der Waals surface area (Å²) in [4.78, 5) is 4.91. The first-order valence-electron chi connectivity index (χ1n) is 6.34. The largest absolute Gasteiger partial charge is 0.395 e. The Morgan fingerprint density at radius 2 is 1.93 bits per heavy atom. The van der Waals surface area contributed by atoms with Crippen molar-refractivity contribution in [2.45, 2.75) is 31.7 Å². The van der Waals surface area contributed by atoms with Gasteiger partial charge in [0, 0.05) is 12.6 Å². The van der Waals surface area contributed by atoms with Crippen molar-refractivity contribution in [3.05, 3.63) is 0 Å². The zero-order valence-corrected chi connectivity index (χ0v) is 9.86. The molecular formula is C12H24N2O. The van der Waals surface area contributed by atoms with Gasteiger partial charge < -0.3 is 10.0 Å². The molecule has 1 N–H and O–H groups in total. The van der Waals surface area contributed by atoms with Gasteiger partial charge >= 0.3 is 0 Å². The highest BCUT2D eigenvalue weighted by Gasteiger charge is 2.31. The van der Waals surface area contributed by atoms with Crippen molar-refractivity contribution in [3.8, 4) is 0 Å². The molecule has 0 saturated carbocycles. The Hall–Kier alpha value is -0.120. The van der Waals surface area contributed by atoms with Gasteiger partial charge in [-0.3, -0.25) is 4.90 Å². The summed E-state index contributed by atoms with van der Waals surface area (Å²) in [6.45, 7) is 5.12. The number of aliphatic hydroxyl groups is 1. The number of piperidine rings is 1. The maximum atomic E-state index is 9.56. The van der Waals surface area contributed by atoms with Crippen molar-refractivity contribution in [1.82, 2.24) is 9.80 Å². The lowest BCUT2D eigenvalue weighted by Crippen LogP contribution is -2.46. The number of hydrogen-bond acceptors (Lipinski definition) is 3. The van der Waals surface area contributed by atoms with Gasteiger partial charge in [0.15, 0.2) is 0 Å². The van der Waals surface area contributed by atoms with Crippen molar-refractivity contribution in [2.24, 2.45) is 5.92 Å². The van der Waals surface area contributed by atoms with E-state index in [1.165, 1.54) is 51.9 Å². The summed E-state index contributed by atoms with van der Waals surface area (Å²) < 4.78 is 0. The molecule has 0 aromatic carbocycles. The second-order valence-electron chi connectivity index (χ2n) is 5.16. The van der Waals surface area contributed by atoms with Gasteiger partial charge in [0.25, 0.3) is 0 Å². The summed E-state index contributed by atoms with van der Waals surface area (Å²) >= 11 is 0. The summed E-state index contributed by atoms with van der Waals surface area (Å²) in [5, 5.41) is 9.56. The van der Waals surface area contributed by atoms with Gasteiger partial charge in [-0.1, -0.05) is 6.42 Å². The van der Waals surface area contributed by atoms with Crippen LogP contribution in [0.1, 0.15) is 25.7 Å². The predicted octanol–water partition coefficient (Wildman–Crippen LogP) is 0.785. The Bertz CT molecular complexity index is 187. The standard InChI is InChI=1S/C12H24N2O/c1-13-8-5-11(9-13)12(10-15)14-6-3-2-4-7-14/h11-12,15H,2-10H2,1H3. The van der Waals surface area contributed by atoms with Gasteiger partial charge in [-0.25, -0.2) is 0 Å². The third kappa shape index (κ3) is 2.71. The quantitative estimate of drug-likeness (QED) is 0.749. The van der Waals surface area contributed by atoms with Crippen LogP contribution in [0.25, 0.3) is 0 Å². The molecule has 0 spiro atoms. The minimum atomic E-state index is 0.346. The number of rotatable bonds is 3. The molecule has 3 heteroatoms. The van der Waals surface area contributed by atoms with Crippen LogP contribution in [0.3, 0.4) is 0 Å². The van der Waals surface area contributed by atoms with Gasteiger partial charge in [-0.2, -0.15) is 0 Å². The minimum Gasteiger partial charge on any atom is -0.395 e. The Kier molecular flexibility index (Phi) is 4.00.